The predicted octanol–water partition coefficient (Wildman–Crippen LogP) is 3.12. The van der Waals surface area contributed by atoms with Crippen molar-refractivity contribution < 1.29 is 0 Å². The Bertz CT molecular complexity index is 512. The van der Waals surface area contributed by atoms with Crippen molar-refractivity contribution in [2.24, 2.45) is 0 Å². The van der Waals surface area contributed by atoms with Gasteiger partial charge in [-0.2, -0.15) is 0 Å². The van der Waals surface area contributed by atoms with Crippen molar-refractivity contribution in [3.8, 4) is 0 Å². The first-order valence-corrected chi connectivity index (χ1v) is 6.50. The van der Waals surface area contributed by atoms with Crippen LogP contribution < -0.4 is 4.90 Å². The molecule has 1 aromatic heterocycles. The maximum absolute atomic E-state index is 5.75. The molecule has 0 N–H and O–H groups in total. The summed E-state index contributed by atoms with van der Waals surface area (Å²) in [5.41, 5.74) is 1.40. The predicted molar refractivity (Wildman–Crippen MR) is 73.1 cm³/mol. The van der Waals surface area contributed by atoms with E-state index in [4.69, 9.17) is 11.6 Å². The summed E-state index contributed by atoms with van der Waals surface area (Å²) in [4.78, 5) is 2.26. The van der Waals surface area contributed by atoms with Crippen LogP contribution in [0, 0.1) is 0 Å². The third-order valence-corrected chi connectivity index (χ3v) is 3.60. The molecule has 1 aromatic carbocycles. The average Bonchev–Trinajstić information content (AvgIpc) is 2.90. The molecule has 1 unspecified atom stereocenters. The smallest absolute Gasteiger partial charge is 0.151 e. The summed E-state index contributed by atoms with van der Waals surface area (Å²) in [5.74, 6) is 1.50. The number of aromatic nitrogens is 2. The summed E-state index contributed by atoms with van der Waals surface area (Å²) in [6, 6.07) is 14.4. The first-order valence-electron chi connectivity index (χ1n) is 6.12. The maximum atomic E-state index is 5.75. The molecule has 0 bridgehead atoms. The fourth-order valence-electron chi connectivity index (χ4n) is 2.44. The highest BCUT2D eigenvalue weighted by Gasteiger charge is 2.24. The number of nitrogens with zero attached hydrogens (tertiary/aromatic N) is 3. The highest BCUT2D eigenvalue weighted by atomic mass is 35.5. The van der Waals surface area contributed by atoms with E-state index in [9.17, 15) is 0 Å². The molecule has 0 aliphatic carbocycles. The van der Waals surface area contributed by atoms with Gasteiger partial charge >= 0.3 is 0 Å². The molecule has 0 spiro atoms. The van der Waals surface area contributed by atoms with Crippen LogP contribution >= 0.6 is 11.6 Å². The van der Waals surface area contributed by atoms with Gasteiger partial charge in [-0.25, -0.2) is 0 Å². The van der Waals surface area contributed by atoms with Crippen LogP contribution in [0.3, 0.4) is 0 Å². The van der Waals surface area contributed by atoms with Gasteiger partial charge < -0.3 is 4.90 Å². The molecule has 0 saturated carbocycles. The lowest BCUT2D eigenvalue weighted by molar-refractivity contribution is 0.773. The summed E-state index contributed by atoms with van der Waals surface area (Å²) in [5, 5.41) is 8.47. The summed E-state index contributed by atoms with van der Waals surface area (Å²) < 4.78 is 0. The molecular formula is C14H14ClN3. The lowest BCUT2D eigenvalue weighted by atomic mass is 9.99. The second kappa shape index (κ2) is 4.94. The van der Waals surface area contributed by atoms with Crippen LogP contribution in [0.15, 0.2) is 42.5 Å². The zero-order valence-corrected chi connectivity index (χ0v) is 10.7. The molecule has 3 rings (SSSR count). The van der Waals surface area contributed by atoms with Gasteiger partial charge in [-0.3, -0.25) is 0 Å². The van der Waals surface area contributed by atoms with Crippen molar-refractivity contribution in [1.29, 1.82) is 0 Å². The number of rotatable bonds is 2. The lowest BCUT2D eigenvalue weighted by Crippen LogP contribution is -2.20. The van der Waals surface area contributed by atoms with Crippen molar-refractivity contribution in [2.45, 2.75) is 12.3 Å². The van der Waals surface area contributed by atoms with E-state index in [0.29, 0.717) is 11.1 Å². The Kier molecular flexibility index (Phi) is 3.15. The fourth-order valence-corrected chi connectivity index (χ4v) is 2.54. The van der Waals surface area contributed by atoms with Crippen molar-refractivity contribution in [3.05, 3.63) is 53.2 Å². The van der Waals surface area contributed by atoms with E-state index in [0.717, 1.165) is 25.3 Å². The molecular weight excluding hydrogens is 246 g/mol. The Balaban J connectivity index is 1.74. The number of hydrogen-bond donors (Lipinski definition) is 0. The fraction of sp³-hybridized carbons (Fsp3) is 0.286. The summed E-state index contributed by atoms with van der Waals surface area (Å²) >= 11 is 5.75. The van der Waals surface area contributed by atoms with E-state index in [1.165, 1.54) is 5.56 Å². The van der Waals surface area contributed by atoms with Gasteiger partial charge in [0.05, 0.1) is 0 Å². The lowest BCUT2D eigenvalue weighted by Gasteiger charge is -2.16. The van der Waals surface area contributed by atoms with Crippen LogP contribution in [0.25, 0.3) is 0 Å². The van der Waals surface area contributed by atoms with Gasteiger partial charge in [0.25, 0.3) is 0 Å². The third-order valence-electron chi connectivity index (χ3n) is 3.40. The Hall–Kier alpha value is -1.61. The van der Waals surface area contributed by atoms with Crippen LogP contribution in [-0.4, -0.2) is 23.3 Å². The van der Waals surface area contributed by atoms with Gasteiger partial charge in [0.2, 0.25) is 0 Å². The van der Waals surface area contributed by atoms with Gasteiger partial charge in [0.1, 0.15) is 0 Å². The number of halogens is 1. The molecule has 92 valence electrons. The van der Waals surface area contributed by atoms with Crippen molar-refractivity contribution in [3.63, 3.8) is 0 Å². The highest BCUT2D eigenvalue weighted by Crippen LogP contribution is 2.29. The molecule has 2 heterocycles. The average molecular weight is 260 g/mol. The van der Waals surface area contributed by atoms with Crippen LogP contribution in [0.2, 0.25) is 5.15 Å². The van der Waals surface area contributed by atoms with Crippen molar-refractivity contribution >= 4 is 17.4 Å². The molecule has 1 aliphatic heterocycles. The monoisotopic (exact) mass is 259 g/mol. The number of anilines is 1. The van der Waals surface area contributed by atoms with E-state index in [1.54, 1.807) is 6.07 Å². The summed E-state index contributed by atoms with van der Waals surface area (Å²) in [7, 11) is 0. The molecule has 1 aliphatic rings. The molecule has 0 radical (unpaired) electrons. The number of hydrogen-bond acceptors (Lipinski definition) is 3. The molecule has 1 fully saturated rings. The second-order valence-electron chi connectivity index (χ2n) is 4.56. The minimum atomic E-state index is 0.442. The maximum Gasteiger partial charge on any atom is 0.151 e. The quantitative estimate of drug-likeness (QED) is 0.830. The zero-order chi connectivity index (χ0) is 12.4. The van der Waals surface area contributed by atoms with Crippen molar-refractivity contribution in [1.82, 2.24) is 10.2 Å². The van der Waals surface area contributed by atoms with Crippen molar-refractivity contribution in [2.75, 3.05) is 18.0 Å². The van der Waals surface area contributed by atoms with E-state index in [-0.39, 0.29) is 0 Å². The molecule has 1 atom stereocenters. The van der Waals surface area contributed by atoms with E-state index >= 15 is 0 Å². The van der Waals surface area contributed by atoms with E-state index in [1.807, 2.05) is 6.07 Å². The van der Waals surface area contributed by atoms with Gasteiger partial charge in [-0.05, 0) is 24.1 Å². The molecule has 18 heavy (non-hydrogen) atoms. The normalized spacial score (nSPS) is 19.2. The molecule has 0 amide bonds. The Labute approximate surface area is 111 Å². The minimum Gasteiger partial charge on any atom is -0.354 e. The van der Waals surface area contributed by atoms with Gasteiger partial charge in [-0.15, -0.1) is 10.2 Å². The second-order valence-corrected chi connectivity index (χ2v) is 4.94. The van der Waals surface area contributed by atoms with Gasteiger partial charge in [0.15, 0.2) is 11.0 Å². The van der Waals surface area contributed by atoms with Crippen LogP contribution in [-0.2, 0) is 0 Å². The minimum absolute atomic E-state index is 0.442. The van der Waals surface area contributed by atoms with Gasteiger partial charge in [-0.1, -0.05) is 41.9 Å². The van der Waals surface area contributed by atoms with E-state index in [2.05, 4.69) is 45.4 Å². The summed E-state index contributed by atoms with van der Waals surface area (Å²) in [6.07, 6.45) is 1.16. The molecule has 2 aromatic rings. The Morgan fingerprint density at radius 1 is 1.06 bits per heavy atom. The van der Waals surface area contributed by atoms with Crippen LogP contribution in [0.4, 0.5) is 5.82 Å². The standard InChI is InChI=1S/C14H14ClN3/c15-13-6-7-14(17-16-13)18-9-8-12(10-18)11-4-2-1-3-5-11/h1-7,12H,8-10H2. The third kappa shape index (κ3) is 2.31. The molecule has 1 saturated heterocycles. The topological polar surface area (TPSA) is 29.0 Å². The molecule has 3 nitrogen and oxygen atoms in total. The Morgan fingerprint density at radius 3 is 2.61 bits per heavy atom. The zero-order valence-electron chi connectivity index (χ0n) is 9.96. The first kappa shape index (κ1) is 11.5. The largest absolute Gasteiger partial charge is 0.354 e. The number of benzene rings is 1. The Morgan fingerprint density at radius 2 is 1.89 bits per heavy atom. The van der Waals surface area contributed by atoms with Gasteiger partial charge in [0, 0.05) is 19.0 Å². The SMILES string of the molecule is Clc1ccc(N2CCC(c3ccccc3)C2)nn1. The van der Waals surface area contributed by atoms with E-state index < -0.39 is 0 Å². The molecule has 4 heteroatoms. The van der Waals surface area contributed by atoms with Crippen LogP contribution in [0.5, 0.6) is 0 Å². The summed E-state index contributed by atoms with van der Waals surface area (Å²) in [6.45, 7) is 2.02. The first-order chi connectivity index (χ1) is 8.83. The highest BCUT2D eigenvalue weighted by molar-refractivity contribution is 6.29. The van der Waals surface area contributed by atoms with Crippen LogP contribution in [0.1, 0.15) is 17.9 Å².